The van der Waals surface area contributed by atoms with Crippen molar-refractivity contribution in [2.45, 2.75) is 38.6 Å². The van der Waals surface area contributed by atoms with Gasteiger partial charge >= 0.3 is 0 Å². The normalized spacial score (nSPS) is 21.1. The summed E-state index contributed by atoms with van der Waals surface area (Å²) in [5.41, 5.74) is 10.4. The highest BCUT2D eigenvalue weighted by atomic mass is 19.1. The number of carbonyl (C=O) groups excluding carboxylic acids is 1. The summed E-state index contributed by atoms with van der Waals surface area (Å²) in [7, 11) is 0. The number of hydrogen-bond donors (Lipinski definition) is 2. The van der Waals surface area contributed by atoms with Gasteiger partial charge in [-0.1, -0.05) is 24.3 Å². The number of nitrogens with one attached hydrogen (secondary N) is 1. The van der Waals surface area contributed by atoms with E-state index in [9.17, 15) is 9.18 Å². The molecule has 3 N–H and O–H groups in total. The zero-order valence-corrected chi connectivity index (χ0v) is 19.7. The second kappa shape index (κ2) is 9.18. The Morgan fingerprint density at radius 2 is 1.85 bits per heavy atom. The third kappa shape index (κ3) is 4.30. The van der Waals surface area contributed by atoms with Crippen LogP contribution in [-0.4, -0.2) is 59.5 Å². The Kier molecular flexibility index (Phi) is 6.08. The number of halogens is 1. The highest BCUT2D eigenvalue weighted by molar-refractivity contribution is 5.99. The fraction of sp³-hybridized carbons (Fsp3) is 0.423. The molecule has 2 fully saturated rings. The topological polar surface area (TPSA) is 87.4 Å². The Hall–Kier alpha value is -3.26. The summed E-state index contributed by atoms with van der Waals surface area (Å²) in [6, 6.07) is 8.41. The van der Waals surface area contributed by atoms with Crippen molar-refractivity contribution in [3.05, 3.63) is 59.2 Å². The molecule has 8 heteroatoms. The van der Waals surface area contributed by atoms with Crippen molar-refractivity contribution in [1.29, 1.82) is 0 Å². The molecule has 178 valence electrons. The van der Waals surface area contributed by atoms with E-state index >= 15 is 0 Å². The van der Waals surface area contributed by atoms with Gasteiger partial charge in [0.1, 0.15) is 11.5 Å². The van der Waals surface area contributed by atoms with Gasteiger partial charge in [-0.2, -0.15) is 9.37 Å². The minimum Gasteiger partial charge on any atom is -0.382 e. The Balaban J connectivity index is 1.37. The van der Waals surface area contributed by atoms with Crippen molar-refractivity contribution in [2.75, 3.05) is 43.4 Å². The number of benzene rings is 1. The van der Waals surface area contributed by atoms with E-state index in [4.69, 9.17) is 5.73 Å². The maximum Gasteiger partial charge on any atom is 0.251 e. The SMILES string of the molecule is CC(C)N1CCN(c2ccc(-c3nc(C4C=C5CCNC(=O)C5=CC4)c(N)nc3F)cc2)CC1. The first-order valence-electron chi connectivity index (χ1n) is 12.0. The Bertz CT molecular complexity index is 1150. The first-order chi connectivity index (χ1) is 16.4. The van der Waals surface area contributed by atoms with Crippen LogP contribution in [0.4, 0.5) is 15.9 Å². The molecule has 1 aromatic carbocycles. The van der Waals surface area contributed by atoms with E-state index in [1.54, 1.807) is 0 Å². The van der Waals surface area contributed by atoms with E-state index in [-0.39, 0.29) is 23.3 Å². The number of nitrogens with zero attached hydrogens (tertiary/aromatic N) is 4. The fourth-order valence-corrected chi connectivity index (χ4v) is 5.05. The van der Waals surface area contributed by atoms with Gasteiger partial charge in [0, 0.05) is 61.5 Å². The molecule has 2 aliphatic heterocycles. The number of anilines is 2. The van der Waals surface area contributed by atoms with E-state index in [1.165, 1.54) is 0 Å². The van der Waals surface area contributed by atoms with Crippen molar-refractivity contribution >= 4 is 17.4 Å². The van der Waals surface area contributed by atoms with Crippen molar-refractivity contribution in [1.82, 2.24) is 20.2 Å². The van der Waals surface area contributed by atoms with Crippen LogP contribution in [0, 0.1) is 5.95 Å². The number of hydrogen-bond acceptors (Lipinski definition) is 6. The molecule has 34 heavy (non-hydrogen) atoms. The van der Waals surface area contributed by atoms with Gasteiger partial charge < -0.3 is 16.0 Å². The highest BCUT2D eigenvalue weighted by Crippen LogP contribution is 2.36. The zero-order chi connectivity index (χ0) is 23.8. The van der Waals surface area contributed by atoms with Crippen LogP contribution in [0.15, 0.2) is 47.6 Å². The van der Waals surface area contributed by atoms with Gasteiger partial charge in [-0.3, -0.25) is 9.69 Å². The third-order valence-corrected chi connectivity index (χ3v) is 7.06. The number of carbonyl (C=O) groups is 1. The predicted molar refractivity (Wildman–Crippen MR) is 132 cm³/mol. The maximum absolute atomic E-state index is 14.8. The van der Waals surface area contributed by atoms with Crippen LogP contribution in [0.3, 0.4) is 0 Å². The Morgan fingerprint density at radius 3 is 2.56 bits per heavy atom. The van der Waals surface area contributed by atoms with Gasteiger partial charge in [-0.15, -0.1) is 0 Å². The second-order valence-corrected chi connectivity index (χ2v) is 9.45. The fourth-order valence-electron chi connectivity index (χ4n) is 5.05. The molecule has 3 aliphatic rings. The number of aromatic nitrogens is 2. The average Bonchev–Trinajstić information content (AvgIpc) is 2.84. The van der Waals surface area contributed by atoms with Crippen LogP contribution in [0.2, 0.25) is 0 Å². The average molecular weight is 463 g/mol. The van der Waals surface area contributed by atoms with E-state index in [2.05, 4.69) is 38.9 Å². The van der Waals surface area contributed by atoms with Gasteiger partial charge in [0.05, 0.1) is 5.69 Å². The largest absolute Gasteiger partial charge is 0.382 e. The highest BCUT2D eigenvalue weighted by Gasteiger charge is 2.27. The quantitative estimate of drug-likeness (QED) is 0.725. The summed E-state index contributed by atoms with van der Waals surface area (Å²) < 4.78 is 14.8. The smallest absolute Gasteiger partial charge is 0.251 e. The lowest BCUT2D eigenvalue weighted by molar-refractivity contribution is -0.117. The van der Waals surface area contributed by atoms with Crippen molar-refractivity contribution in [2.24, 2.45) is 0 Å². The molecule has 0 bridgehead atoms. The summed E-state index contributed by atoms with van der Waals surface area (Å²) >= 11 is 0. The summed E-state index contributed by atoms with van der Waals surface area (Å²) in [5, 5.41) is 2.86. The van der Waals surface area contributed by atoms with Crippen LogP contribution in [0.1, 0.15) is 38.3 Å². The number of rotatable bonds is 4. The minimum atomic E-state index is -0.670. The van der Waals surface area contributed by atoms with Gasteiger partial charge in [0.25, 0.3) is 5.91 Å². The lowest BCUT2D eigenvalue weighted by Crippen LogP contribution is -2.48. The van der Waals surface area contributed by atoms with Crippen molar-refractivity contribution < 1.29 is 9.18 Å². The molecule has 0 spiro atoms. The molecule has 3 heterocycles. The molecule has 1 atom stereocenters. The number of nitrogens with two attached hydrogens (primary N) is 1. The molecule has 0 saturated carbocycles. The monoisotopic (exact) mass is 462 g/mol. The third-order valence-electron chi connectivity index (χ3n) is 7.06. The lowest BCUT2D eigenvalue weighted by atomic mass is 9.85. The maximum atomic E-state index is 14.8. The van der Waals surface area contributed by atoms with Crippen LogP contribution in [0.5, 0.6) is 0 Å². The molecule has 1 aromatic heterocycles. The number of piperidine rings is 1. The van der Waals surface area contributed by atoms with Crippen molar-refractivity contribution in [3.63, 3.8) is 0 Å². The Morgan fingerprint density at radius 1 is 1.12 bits per heavy atom. The molecule has 1 aliphatic carbocycles. The molecule has 2 aromatic rings. The summed E-state index contributed by atoms with van der Waals surface area (Å²) in [4.78, 5) is 25.5. The zero-order valence-electron chi connectivity index (χ0n) is 19.7. The van der Waals surface area contributed by atoms with Crippen LogP contribution >= 0.6 is 0 Å². The molecule has 1 amide bonds. The number of fused-ring (bicyclic) bond motifs is 1. The molecular formula is C26H31FN6O. The number of piperazine rings is 1. The molecule has 1 unspecified atom stereocenters. The number of nitrogen functional groups attached to an aromatic ring is 1. The van der Waals surface area contributed by atoms with E-state index in [0.717, 1.165) is 49.4 Å². The summed E-state index contributed by atoms with van der Waals surface area (Å²) in [6.45, 7) is 9.09. The molecule has 7 nitrogen and oxygen atoms in total. The second-order valence-electron chi connectivity index (χ2n) is 9.45. The van der Waals surface area contributed by atoms with Crippen LogP contribution < -0.4 is 16.0 Å². The number of amides is 1. The standard InChI is InChI=1S/C26H31FN6O/c1-16(2)32-11-13-33(14-12-32)20-6-3-17(4-7-20)22-24(27)31-25(28)23(30-22)19-5-8-21-18(15-19)9-10-29-26(21)34/h3-4,6-8,15-16,19H,5,9-14H2,1-2H3,(H2,28,31)(H,29,34). The molecular weight excluding hydrogens is 431 g/mol. The van der Waals surface area contributed by atoms with Crippen LogP contribution in [-0.2, 0) is 4.79 Å². The predicted octanol–water partition coefficient (Wildman–Crippen LogP) is 3.26. The Labute approximate surface area is 199 Å². The van der Waals surface area contributed by atoms with E-state index in [0.29, 0.717) is 30.3 Å². The number of allylic oxidation sites excluding steroid dienone is 2. The first-order valence-corrected chi connectivity index (χ1v) is 12.0. The molecule has 2 saturated heterocycles. The van der Waals surface area contributed by atoms with E-state index < -0.39 is 5.95 Å². The first kappa shape index (κ1) is 22.5. The minimum absolute atomic E-state index is 0.0412. The summed E-state index contributed by atoms with van der Waals surface area (Å²) in [5.74, 6) is -0.746. The van der Waals surface area contributed by atoms with Crippen LogP contribution in [0.25, 0.3) is 11.3 Å². The molecule has 0 radical (unpaired) electrons. The lowest BCUT2D eigenvalue weighted by Gasteiger charge is -2.38. The van der Waals surface area contributed by atoms with Gasteiger partial charge in [0.15, 0.2) is 0 Å². The van der Waals surface area contributed by atoms with Gasteiger partial charge in [-0.05, 0) is 44.4 Å². The van der Waals surface area contributed by atoms with Gasteiger partial charge in [0.2, 0.25) is 5.95 Å². The summed E-state index contributed by atoms with van der Waals surface area (Å²) in [6.07, 6.45) is 5.31. The van der Waals surface area contributed by atoms with E-state index in [1.807, 2.05) is 36.4 Å². The molecule has 5 rings (SSSR count). The van der Waals surface area contributed by atoms with Crippen molar-refractivity contribution in [3.8, 4) is 11.3 Å². The van der Waals surface area contributed by atoms with Gasteiger partial charge in [-0.25, -0.2) is 4.98 Å².